The van der Waals surface area contributed by atoms with Crippen LogP contribution in [0.4, 0.5) is 5.69 Å². The summed E-state index contributed by atoms with van der Waals surface area (Å²) in [5.41, 5.74) is 1.77. The minimum atomic E-state index is -0.314. The van der Waals surface area contributed by atoms with Gasteiger partial charge in [0.15, 0.2) is 0 Å². The Kier molecular flexibility index (Phi) is 4.95. The molecular formula is C20H14ClNO3S2. The molecule has 2 aromatic heterocycles. The number of rotatable bonds is 5. The number of aryl methyl sites for hydroxylation is 1. The van der Waals surface area contributed by atoms with Crippen LogP contribution in [-0.2, 0) is 15.3 Å². The molecule has 3 heterocycles. The Labute approximate surface area is 169 Å². The van der Waals surface area contributed by atoms with E-state index in [0.29, 0.717) is 26.9 Å². The fourth-order valence-electron chi connectivity index (χ4n) is 2.91. The first-order chi connectivity index (χ1) is 13.1. The first-order valence-electron chi connectivity index (χ1n) is 8.14. The number of amides is 2. The Balaban J connectivity index is 1.74. The number of halogens is 1. The van der Waals surface area contributed by atoms with Crippen molar-refractivity contribution in [3.8, 4) is 0 Å². The zero-order valence-electron chi connectivity index (χ0n) is 14.3. The number of carbonyl (C=O) groups is 2. The van der Waals surface area contributed by atoms with E-state index in [1.54, 1.807) is 30.5 Å². The van der Waals surface area contributed by atoms with Gasteiger partial charge in [0, 0.05) is 9.90 Å². The molecule has 3 aromatic rings. The van der Waals surface area contributed by atoms with Crippen LogP contribution < -0.4 is 4.90 Å². The zero-order valence-corrected chi connectivity index (χ0v) is 16.7. The van der Waals surface area contributed by atoms with Crippen LogP contribution in [0.15, 0.2) is 63.4 Å². The van der Waals surface area contributed by atoms with Crippen molar-refractivity contribution in [2.24, 2.45) is 0 Å². The summed E-state index contributed by atoms with van der Waals surface area (Å²) in [4.78, 5) is 28.9. The van der Waals surface area contributed by atoms with E-state index in [9.17, 15) is 9.59 Å². The Hall–Kier alpha value is -2.28. The number of hydrogen-bond donors (Lipinski definition) is 0. The number of imide groups is 1. The monoisotopic (exact) mass is 415 g/mol. The molecule has 7 heteroatoms. The summed E-state index contributed by atoms with van der Waals surface area (Å²) in [6.45, 7) is 1.83. The third-order valence-electron chi connectivity index (χ3n) is 4.15. The SMILES string of the molecule is Cc1cc(Cl)ccc1N1C(=O)C(SCc2ccco2)=C(c2cccs2)C1=O. The largest absolute Gasteiger partial charge is 0.468 e. The maximum atomic E-state index is 13.2. The van der Waals surface area contributed by atoms with Gasteiger partial charge >= 0.3 is 0 Å². The molecule has 2 amide bonds. The average molecular weight is 416 g/mol. The topological polar surface area (TPSA) is 50.5 Å². The summed E-state index contributed by atoms with van der Waals surface area (Å²) in [7, 11) is 0. The number of carbonyl (C=O) groups excluding carboxylic acids is 2. The van der Waals surface area contributed by atoms with Gasteiger partial charge in [-0.3, -0.25) is 9.59 Å². The minimum Gasteiger partial charge on any atom is -0.468 e. The van der Waals surface area contributed by atoms with Gasteiger partial charge in [-0.1, -0.05) is 17.7 Å². The van der Waals surface area contributed by atoms with Crippen LogP contribution in [0.2, 0.25) is 5.02 Å². The van der Waals surface area contributed by atoms with Crippen LogP contribution >= 0.6 is 34.7 Å². The molecule has 0 spiro atoms. The number of benzene rings is 1. The van der Waals surface area contributed by atoms with Crippen LogP contribution in [0.3, 0.4) is 0 Å². The van der Waals surface area contributed by atoms with Gasteiger partial charge < -0.3 is 4.42 Å². The second kappa shape index (κ2) is 7.38. The van der Waals surface area contributed by atoms with Crippen molar-refractivity contribution in [1.82, 2.24) is 0 Å². The summed E-state index contributed by atoms with van der Waals surface area (Å²) in [5, 5.41) is 2.46. The van der Waals surface area contributed by atoms with Crippen molar-refractivity contribution in [1.29, 1.82) is 0 Å². The molecule has 0 saturated carbocycles. The summed E-state index contributed by atoms with van der Waals surface area (Å²) in [6, 6.07) is 12.5. The highest BCUT2D eigenvalue weighted by molar-refractivity contribution is 8.03. The summed E-state index contributed by atoms with van der Waals surface area (Å²) in [6.07, 6.45) is 1.59. The molecule has 27 heavy (non-hydrogen) atoms. The van der Waals surface area contributed by atoms with Crippen molar-refractivity contribution < 1.29 is 14.0 Å². The predicted octanol–water partition coefficient (Wildman–Crippen LogP) is 5.52. The number of furan rings is 1. The molecule has 4 rings (SSSR count). The van der Waals surface area contributed by atoms with Gasteiger partial charge in [0.05, 0.1) is 28.2 Å². The molecule has 0 unspecified atom stereocenters. The van der Waals surface area contributed by atoms with Crippen molar-refractivity contribution in [3.05, 3.63) is 80.2 Å². The lowest BCUT2D eigenvalue weighted by Gasteiger charge is -2.17. The minimum absolute atomic E-state index is 0.310. The Morgan fingerprint density at radius 3 is 2.67 bits per heavy atom. The molecule has 0 bridgehead atoms. The van der Waals surface area contributed by atoms with E-state index in [2.05, 4.69) is 0 Å². The lowest BCUT2D eigenvalue weighted by Crippen LogP contribution is -2.31. The van der Waals surface area contributed by atoms with E-state index < -0.39 is 0 Å². The van der Waals surface area contributed by atoms with E-state index in [1.165, 1.54) is 28.0 Å². The van der Waals surface area contributed by atoms with E-state index in [4.69, 9.17) is 16.0 Å². The molecule has 1 aromatic carbocycles. The number of hydrogen-bond acceptors (Lipinski definition) is 5. The van der Waals surface area contributed by atoms with Crippen molar-refractivity contribution in [2.75, 3.05) is 4.90 Å². The normalized spacial score (nSPS) is 14.5. The first-order valence-corrected chi connectivity index (χ1v) is 10.4. The van der Waals surface area contributed by atoms with Gasteiger partial charge in [-0.15, -0.1) is 23.1 Å². The Bertz CT molecular complexity index is 1040. The number of anilines is 1. The molecule has 136 valence electrons. The van der Waals surface area contributed by atoms with Gasteiger partial charge in [-0.25, -0.2) is 4.90 Å². The number of nitrogens with zero attached hydrogens (tertiary/aromatic N) is 1. The van der Waals surface area contributed by atoms with E-state index in [-0.39, 0.29) is 11.8 Å². The zero-order chi connectivity index (χ0) is 19.0. The molecule has 0 radical (unpaired) electrons. The maximum Gasteiger partial charge on any atom is 0.272 e. The number of thiophene rings is 1. The fourth-order valence-corrected chi connectivity index (χ4v) is 4.97. The maximum absolute atomic E-state index is 13.2. The molecule has 0 atom stereocenters. The van der Waals surface area contributed by atoms with Crippen LogP contribution in [-0.4, -0.2) is 11.8 Å². The molecule has 0 N–H and O–H groups in total. The molecular weight excluding hydrogens is 402 g/mol. The standard InChI is InChI=1S/C20H14ClNO3S2/c1-12-10-13(21)6-7-15(12)22-19(23)17(16-5-3-9-26-16)18(20(22)24)27-11-14-4-2-8-25-14/h2-10H,11H2,1H3. The quantitative estimate of drug-likeness (QED) is 0.515. The smallest absolute Gasteiger partial charge is 0.272 e. The van der Waals surface area contributed by atoms with E-state index >= 15 is 0 Å². The molecule has 1 aliphatic rings. The highest BCUT2D eigenvalue weighted by atomic mass is 35.5. The lowest BCUT2D eigenvalue weighted by atomic mass is 10.1. The molecule has 4 nitrogen and oxygen atoms in total. The fraction of sp³-hybridized carbons (Fsp3) is 0.100. The molecule has 0 aliphatic carbocycles. The van der Waals surface area contributed by atoms with Gasteiger partial charge in [0.25, 0.3) is 11.8 Å². The third kappa shape index (κ3) is 3.36. The highest BCUT2D eigenvalue weighted by Crippen LogP contribution is 2.41. The molecule has 0 fully saturated rings. The summed E-state index contributed by atoms with van der Waals surface area (Å²) < 4.78 is 5.36. The highest BCUT2D eigenvalue weighted by Gasteiger charge is 2.41. The second-order valence-electron chi connectivity index (χ2n) is 5.93. The first kappa shape index (κ1) is 18.1. The predicted molar refractivity (Wildman–Crippen MR) is 110 cm³/mol. The van der Waals surface area contributed by atoms with Crippen molar-refractivity contribution in [3.63, 3.8) is 0 Å². The lowest BCUT2D eigenvalue weighted by molar-refractivity contribution is -0.119. The summed E-state index contributed by atoms with van der Waals surface area (Å²) in [5.74, 6) is 0.600. The van der Waals surface area contributed by atoms with E-state index in [1.807, 2.05) is 30.5 Å². The van der Waals surface area contributed by atoms with Crippen LogP contribution in [0.1, 0.15) is 16.2 Å². The van der Waals surface area contributed by atoms with Gasteiger partial charge in [0.1, 0.15) is 5.76 Å². The van der Waals surface area contributed by atoms with Crippen molar-refractivity contribution in [2.45, 2.75) is 12.7 Å². The van der Waals surface area contributed by atoms with Crippen LogP contribution in [0, 0.1) is 6.92 Å². The van der Waals surface area contributed by atoms with Crippen LogP contribution in [0.25, 0.3) is 5.57 Å². The number of thioether (sulfide) groups is 1. The molecule has 0 saturated heterocycles. The van der Waals surface area contributed by atoms with Crippen molar-refractivity contribution >= 4 is 57.8 Å². The Morgan fingerprint density at radius 1 is 1.15 bits per heavy atom. The van der Waals surface area contributed by atoms with Gasteiger partial charge in [-0.2, -0.15) is 0 Å². The van der Waals surface area contributed by atoms with E-state index in [0.717, 1.165) is 16.2 Å². The van der Waals surface area contributed by atoms with Crippen LogP contribution in [0.5, 0.6) is 0 Å². The van der Waals surface area contributed by atoms with Gasteiger partial charge in [0.2, 0.25) is 0 Å². The molecule has 1 aliphatic heterocycles. The average Bonchev–Trinajstić information content (AvgIpc) is 3.36. The third-order valence-corrected chi connectivity index (χ3v) is 6.37. The van der Waals surface area contributed by atoms with Gasteiger partial charge in [-0.05, 0) is 54.3 Å². The summed E-state index contributed by atoms with van der Waals surface area (Å²) >= 11 is 8.79. The second-order valence-corrected chi connectivity index (χ2v) is 8.30. The Morgan fingerprint density at radius 2 is 2.00 bits per heavy atom.